The Bertz CT molecular complexity index is 458. The van der Waals surface area contributed by atoms with Gasteiger partial charge in [0, 0.05) is 12.6 Å². The first kappa shape index (κ1) is 28.6. The summed E-state index contributed by atoms with van der Waals surface area (Å²) in [4.78, 5) is 13.3. The maximum atomic E-state index is 11.3. The van der Waals surface area contributed by atoms with Crippen LogP contribution < -0.4 is 11.5 Å². The molecular formula is C15H29Cl2N3O2S2. The number of amides is 1. The van der Waals surface area contributed by atoms with Gasteiger partial charge in [0.1, 0.15) is 0 Å². The number of aliphatic hydroxyl groups excluding tert-OH is 1. The lowest BCUT2D eigenvalue weighted by Gasteiger charge is -2.27. The van der Waals surface area contributed by atoms with Crippen LogP contribution in [0.15, 0.2) is 30.3 Å². The van der Waals surface area contributed by atoms with E-state index in [9.17, 15) is 9.90 Å². The third-order valence-corrected chi connectivity index (χ3v) is 3.92. The van der Waals surface area contributed by atoms with E-state index < -0.39 is 6.10 Å². The number of carbonyl (C=O) groups excluding carboxylic acids is 1. The Hall–Kier alpha value is -0.150. The number of nitrogens with zero attached hydrogens (tertiary/aromatic N) is 1. The third kappa shape index (κ3) is 8.29. The van der Waals surface area contributed by atoms with Crippen LogP contribution in [0.5, 0.6) is 0 Å². The van der Waals surface area contributed by atoms with Crippen molar-refractivity contribution in [2.24, 2.45) is 11.5 Å². The number of likely N-dealkylation sites (tertiary alicyclic amines) is 1. The molecule has 142 valence electrons. The van der Waals surface area contributed by atoms with Crippen LogP contribution >= 0.6 is 51.8 Å². The molecule has 0 saturated carbocycles. The number of primary amides is 1. The van der Waals surface area contributed by atoms with Gasteiger partial charge in [-0.3, -0.25) is 9.69 Å². The van der Waals surface area contributed by atoms with E-state index in [1.54, 1.807) is 0 Å². The second kappa shape index (κ2) is 14.1. The zero-order chi connectivity index (χ0) is 14.5. The highest BCUT2D eigenvalue weighted by Gasteiger charge is 2.31. The summed E-state index contributed by atoms with van der Waals surface area (Å²) in [5.41, 5.74) is 12.5. The SMILES string of the molecule is Cl.Cl.NC(=O)[C@@H]1CCCN1C[C@H](O)[C@H](N)Cc1ccccc1.S.S. The predicted molar refractivity (Wildman–Crippen MR) is 113 cm³/mol. The van der Waals surface area contributed by atoms with E-state index in [1.807, 2.05) is 35.2 Å². The van der Waals surface area contributed by atoms with Crippen molar-refractivity contribution >= 4 is 57.7 Å². The van der Waals surface area contributed by atoms with Crippen LogP contribution in [-0.2, 0) is 11.2 Å². The zero-order valence-electron chi connectivity index (χ0n) is 13.4. The van der Waals surface area contributed by atoms with E-state index in [2.05, 4.69) is 0 Å². The van der Waals surface area contributed by atoms with E-state index in [0.29, 0.717) is 13.0 Å². The van der Waals surface area contributed by atoms with E-state index in [1.165, 1.54) is 0 Å². The smallest absolute Gasteiger partial charge is 0.234 e. The van der Waals surface area contributed by atoms with Crippen molar-refractivity contribution in [2.75, 3.05) is 13.1 Å². The number of nitrogens with two attached hydrogens (primary N) is 2. The molecule has 0 radical (unpaired) electrons. The van der Waals surface area contributed by atoms with Crippen LogP contribution in [0.1, 0.15) is 18.4 Å². The summed E-state index contributed by atoms with van der Waals surface area (Å²) >= 11 is 0. The Morgan fingerprint density at radius 3 is 2.38 bits per heavy atom. The van der Waals surface area contributed by atoms with Crippen molar-refractivity contribution < 1.29 is 9.90 Å². The van der Waals surface area contributed by atoms with Crippen molar-refractivity contribution in [3.8, 4) is 0 Å². The number of carbonyl (C=O) groups is 1. The van der Waals surface area contributed by atoms with E-state index in [0.717, 1.165) is 24.9 Å². The lowest BCUT2D eigenvalue weighted by atomic mass is 10.0. The highest BCUT2D eigenvalue weighted by molar-refractivity contribution is 7.59. The van der Waals surface area contributed by atoms with E-state index in [-0.39, 0.29) is 69.8 Å². The lowest BCUT2D eigenvalue weighted by Crippen LogP contribution is -2.49. The van der Waals surface area contributed by atoms with Crippen molar-refractivity contribution in [3.05, 3.63) is 35.9 Å². The molecular weight excluding hydrogens is 389 g/mol. The largest absolute Gasteiger partial charge is 0.390 e. The molecule has 0 aromatic heterocycles. The maximum Gasteiger partial charge on any atom is 0.234 e. The lowest BCUT2D eigenvalue weighted by molar-refractivity contribution is -0.122. The van der Waals surface area contributed by atoms with Crippen LogP contribution in [0, 0.1) is 0 Å². The van der Waals surface area contributed by atoms with Gasteiger partial charge in [0.15, 0.2) is 0 Å². The summed E-state index contributed by atoms with van der Waals surface area (Å²) in [6, 6.07) is 9.26. The molecule has 1 aliphatic rings. The van der Waals surface area contributed by atoms with Gasteiger partial charge in [-0.05, 0) is 31.4 Å². The summed E-state index contributed by atoms with van der Waals surface area (Å²) in [5, 5.41) is 10.2. The molecule has 1 fully saturated rings. The number of benzene rings is 1. The highest BCUT2D eigenvalue weighted by Crippen LogP contribution is 2.17. The predicted octanol–water partition coefficient (Wildman–Crippen LogP) is 0.936. The van der Waals surface area contributed by atoms with Gasteiger partial charge in [-0.1, -0.05) is 30.3 Å². The summed E-state index contributed by atoms with van der Waals surface area (Å²) < 4.78 is 0. The first-order valence-corrected chi connectivity index (χ1v) is 7.09. The molecule has 1 aromatic rings. The monoisotopic (exact) mass is 417 g/mol. The minimum absolute atomic E-state index is 0. The number of β-amino-alcohol motifs (C(OH)–C–C–N with tert-alkyl or cyclic N) is 1. The molecule has 0 spiro atoms. The molecule has 1 amide bonds. The average Bonchev–Trinajstić information content (AvgIpc) is 2.88. The first-order valence-electron chi connectivity index (χ1n) is 7.09. The van der Waals surface area contributed by atoms with Crippen molar-refractivity contribution in [2.45, 2.75) is 37.5 Å². The summed E-state index contributed by atoms with van der Waals surface area (Å²) in [5.74, 6) is -0.314. The Balaban J connectivity index is -0.00000110. The normalized spacial score (nSPS) is 18.8. The van der Waals surface area contributed by atoms with Crippen molar-refractivity contribution in [3.63, 3.8) is 0 Å². The van der Waals surface area contributed by atoms with Crippen LogP contribution in [0.4, 0.5) is 0 Å². The van der Waals surface area contributed by atoms with Gasteiger partial charge in [0.2, 0.25) is 5.91 Å². The topological polar surface area (TPSA) is 92.6 Å². The van der Waals surface area contributed by atoms with Crippen LogP contribution in [0.2, 0.25) is 0 Å². The molecule has 1 aliphatic heterocycles. The van der Waals surface area contributed by atoms with Gasteiger partial charge < -0.3 is 16.6 Å². The van der Waals surface area contributed by atoms with E-state index in [4.69, 9.17) is 11.5 Å². The summed E-state index contributed by atoms with van der Waals surface area (Å²) in [6.45, 7) is 1.20. The summed E-state index contributed by atoms with van der Waals surface area (Å²) in [7, 11) is 0. The zero-order valence-corrected chi connectivity index (χ0v) is 17.1. The second-order valence-electron chi connectivity index (χ2n) is 5.48. The van der Waals surface area contributed by atoms with Crippen LogP contribution in [-0.4, -0.2) is 47.2 Å². The highest BCUT2D eigenvalue weighted by atomic mass is 35.5. The van der Waals surface area contributed by atoms with Crippen LogP contribution in [0.3, 0.4) is 0 Å². The van der Waals surface area contributed by atoms with Gasteiger partial charge >= 0.3 is 0 Å². The van der Waals surface area contributed by atoms with Gasteiger partial charge in [-0.25, -0.2) is 0 Å². The number of hydrogen-bond acceptors (Lipinski definition) is 4. The quantitative estimate of drug-likeness (QED) is 0.641. The average molecular weight is 418 g/mol. The molecule has 5 N–H and O–H groups in total. The fourth-order valence-corrected chi connectivity index (χ4v) is 2.76. The molecule has 9 heteroatoms. The second-order valence-corrected chi connectivity index (χ2v) is 5.48. The molecule has 1 aromatic carbocycles. The van der Waals surface area contributed by atoms with Gasteiger partial charge in [-0.15, -0.1) is 24.8 Å². The first-order chi connectivity index (χ1) is 9.58. The van der Waals surface area contributed by atoms with Crippen LogP contribution in [0.25, 0.3) is 0 Å². The molecule has 24 heavy (non-hydrogen) atoms. The summed E-state index contributed by atoms with van der Waals surface area (Å²) in [6.07, 6.45) is 1.68. The molecule has 3 atom stereocenters. The molecule has 1 saturated heterocycles. The third-order valence-electron chi connectivity index (χ3n) is 3.92. The number of rotatable bonds is 6. The minimum atomic E-state index is -0.657. The fraction of sp³-hybridized carbons (Fsp3) is 0.533. The number of aliphatic hydroxyl groups is 1. The number of hydrogen-bond donors (Lipinski definition) is 3. The van der Waals surface area contributed by atoms with Gasteiger partial charge in [0.25, 0.3) is 0 Å². The number of halogens is 2. The van der Waals surface area contributed by atoms with Gasteiger partial charge in [0.05, 0.1) is 12.1 Å². The fourth-order valence-electron chi connectivity index (χ4n) is 2.76. The molecule has 2 rings (SSSR count). The molecule has 0 bridgehead atoms. The minimum Gasteiger partial charge on any atom is -0.390 e. The Kier molecular flexibility index (Phi) is 16.8. The van der Waals surface area contributed by atoms with Crippen molar-refractivity contribution in [1.29, 1.82) is 0 Å². The molecule has 0 unspecified atom stereocenters. The molecule has 0 aliphatic carbocycles. The van der Waals surface area contributed by atoms with E-state index >= 15 is 0 Å². The standard InChI is InChI=1S/C15H23N3O2.2ClH.2H2S/c16-12(9-11-5-2-1-3-6-11)14(19)10-18-8-4-7-13(18)15(17)20;;;;/h1-3,5-6,12-14,19H,4,7-10,16H2,(H2,17,20);2*1H;2*1H2/t12-,13+,14+;;;;/m1..../s1. The van der Waals surface area contributed by atoms with Crippen molar-refractivity contribution in [1.82, 2.24) is 4.90 Å². The van der Waals surface area contributed by atoms with Gasteiger partial charge in [-0.2, -0.15) is 27.0 Å². The molecule has 1 heterocycles. The maximum absolute atomic E-state index is 11.3. The Morgan fingerprint density at radius 1 is 1.25 bits per heavy atom. The Labute approximate surface area is 170 Å². The molecule has 5 nitrogen and oxygen atoms in total. The Morgan fingerprint density at radius 2 is 1.83 bits per heavy atom.